The summed E-state index contributed by atoms with van der Waals surface area (Å²) >= 11 is 15.4. The number of nitrogens with zero attached hydrogens (tertiary/aromatic N) is 1. The van der Waals surface area contributed by atoms with Crippen LogP contribution in [0.4, 0.5) is 5.69 Å². The fourth-order valence-electron chi connectivity index (χ4n) is 2.60. The highest BCUT2D eigenvalue weighted by Crippen LogP contribution is 2.27. The minimum Gasteiger partial charge on any atom is -0.502 e. The summed E-state index contributed by atoms with van der Waals surface area (Å²) in [6, 6.07) is 18.7. The molecule has 0 amide bonds. The average molecular weight is 461 g/mol. The molecule has 0 spiro atoms. The lowest BCUT2D eigenvalue weighted by Crippen LogP contribution is -2.38. The number of thiocarbonyl (C=S) groups is 1. The molecular formula is C21H17BrClN2OS+. The third-order valence-corrected chi connectivity index (χ3v) is 5.45. The number of nitrogens with one attached hydrogen (secondary N) is 1. The SMILES string of the molecule is Cc1c(Cl)cccc1NC(=S)/C(=C(\O)c1ccccc1Br)[n+]1ccccc1. The fraction of sp³-hybridized carbons (Fsp3) is 0.0476. The molecule has 0 atom stereocenters. The van der Waals surface area contributed by atoms with Crippen molar-refractivity contribution in [3.05, 3.63) is 93.7 Å². The number of aliphatic hydroxyl groups is 1. The quantitative estimate of drug-likeness (QED) is 0.216. The van der Waals surface area contributed by atoms with Crippen LogP contribution >= 0.6 is 39.7 Å². The summed E-state index contributed by atoms with van der Waals surface area (Å²) in [5, 5.41) is 14.9. The fourth-order valence-corrected chi connectivity index (χ4v) is 3.56. The zero-order chi connectivity index (χ0) is 19.4. The number of anilines is 1. The molecule has 0 aliphatic carbocycles. The lowest BCUT2D eigenvalue weighted by Gasteiger charge is -2.13. The zero-order valence-corrected chi connectivity index (χ0v) is 17.6. The summed E-state index contributed by atoms with van der Waals surface area (Å²) in [5.74, 6) is 0.0656. The summed E-state index contributed by atoms with van der Waals surface area (Å²) in [5.41, 5.74) is 2.80. The first-order valence-electron chi connectivity index (χ1n) is 8.20. The third-order valence-electron chi connectivity index (χ3n) is 4.06. The van der Waals surface area contributed by atoms with Gasteiger partial charge in [0.2, 0.25) is 0 Å². The van der Waals surface area contributed by atoms with Crippen LogP contribution in [0.5, 0.6) is 0 Å². The molecule has 0 saturated carbocycles. The lowest BCUT2D eigenvalue weighted by molar-refractivity contribution is -0.575. The van der Waals surface area contributed by atoms with Crippen LogP contribution in [0.2, 0.25) is 5.02 Å². The lowest BCUT2D eigenvalue weighted by atomic mass is 10.1. The van der Waals surface area contributed by atoms with Gasteiger partial charge >= 0.3 is 0 Å². The van der Waals surface area contributed by atoms with E-state index in [-0.39, 0.29) is 5.76 Å². The number of rotatable bonds is 4. The third kappa shape index (κ3) is 4.38. The molecule has 3 nitrogen and oxygen atoms in total. The van der Waals surface area contributed by atoms with Crippen LogP contribution in [-0.2, 0) is 0 Å². The number of aromatic nitrogens is 1. The topological polar surface area (TPSA) is 36.1 Å². The van der Waals surface area contributed by atoms with Crippen molar-refractivity contribution < 1.29 is 9.67 Å². The number of halogens is 2. The Bertz CT molecular complexity index is 1020. The summed E-state index contributed by atoms with van der Waals surface area (Å²) < 4.78 is 2.56. The molecule has 0 aliphatic heterocycles. The van der Waals surface area contributed by atoms with Gasteiger partial charge in [0.25, 0.3) is 5.70 Å². The highest BCUT2D eigenvalue weighted by molar-refractivity contribution is 9.10. The maximum Gasteiger partial charge on any atom is 0.288 e. The highest BCUT2D eigenvalue weighted by Gasteiger charge is 2.25. The van der Waals surface area contributed by atoms with E-state index in [2.05, 4.69) is 21.2 Å². The standard InChI is InChI=1S/C21H16BrClN2OS/c1-14-17(23)10-7-11-18(14)24-21(27)19(25-12-5-2-6-13-25)20(26)15-8-3-4-9-16(15)22/h2-13H,1H3,(H-,24,26,27)/p+1. The minimum absolute atomic E-state index is 0.0656. The minimum atomic E-state index is 0.0656. The molecule has 0 fully saturated rings. The van der Waals surface area contributed by atoms with E-state index in [4.69, 9.17) is 23.8 Å². The van der Waals surface area contributed by atoms with Crippen molar-refractivity contribution in [2.45, 2.75) is 6.92 Å². The van der Waals surface area contributed by atoms with Crippen LogP contribution in [0, 0.1) is 6.92 Å². The zero-order valence-electron chi connectivity index (χ0n) is 14.5. The summed E-state index contributed by atoms with van der Waals surface area (Å²) in [6.07, 6.45) is 3.67. The molecule has 1 heterocycles. The second-order valence-electron chi connectivity index (χ2n) is 5.83. The normalized spacial score (nSPS) is 11.7. The van der Waals surface area contributed by atoms with Gasteiger partial charge in [0.15, 0.2) is 23.1 Å². The smallest absolute Gasteiger partial charge is 0.288 e. The van der Waals surface area contributed by atoms with Crippen molar-refractivity contribution >= 4 is 61.9 Å². The Morgan fingerprint density at radius 3 is 2.44 bits per heavy atom. The number of benzene rings is 2. The van der Waals surface area contributed by atoms with Crippen LogP contribution in [-0.4, -0.2) is 10.1 Å². The van der Waals surface area contributed by atoms with E-state index in [1.807, 2.05) is 80.0 Å². The summed E-state index contributed by atoms with van der Waals surface area (Å²) in [4.78, 5) is 0.379. The van der Waals surface area contributed by atoms with Gasteiger partial charge in [-0.25, -0.2) is 0 Å². The Labute approximate surface area is 177 Å². The van der Waals surface area contributed by atoms with Crippen molar-refractivity contribution in [3.8, 4) is 0 Å². The van der Waals surface area contributed by atoms with E-state index in [0.717, 1.165) is 15.7 Å². The number of pyridine rings is 1. The van der Waals surface area contributed by atoms with Crippen molar-refractivity contribution in [3.63, 3.8) is 0 Å². The van der Waals surface area contributed by atoms with Gasteiger partial charge in [-0.2, -0.15) is 4.57 Å². The predicted molar refractivity (Wildman–Crippen MR) is 119 cm³/mol. The first kappa shape index (κ1) is 19.5. The molecule has 0 unspecified atom stereocenters. The molecule has 3 rings (SSSR count). The first-order chi connectivity index (χ1) is 13.0. The second kappa shape index (κ2) is 8.65. The molecule has 0 radical (unpaired) electrons. The molecule has 136 valence electrons. The molecule has 3 aromatic rings. The summed E-state index contributed by atoms with van der Waals surface area (Å²) in [7, 11) is 0. The highest BCUT2D eigenvalue weighted by atomic mass is 79.9. The van der Waals surface area contributed by atoms with Gasteiger partial charge in [-0.1, -0.05) is 64.0 Å². The van der Waals surface area contributed by atoms with Gasteiger partial charge < -0.3 is 10.4 Å². The molecule has 0 saturated heterocycles. The first-order valence-corrected chi connectivity index (χ1v) is 9.78. The van der Waals surface area contributed by atoms with Crippen LogP contribution < -0.4 is 9.88 Å². The molecule has 0 bridgehead atoms. The Morgan fingerprint density at radius 2 is 1.74 bits per heavy atom. The largest absolute Gasteiger partial charge is 0.502 e. The maximum absolute atomic E-state index is 11.1. The summed E-state index contributed by atoms with van der Waals surface area (Å²) in [6.45, 7) is 1.92. The monoisotopic (exact) mass is 459 g/mol. The van der Waals surface area contributed by atoms with Gasteiger partial charge in [0.05, 0.1) is 0 Å². The second-order valence-corrected chi connectivity index (χ2v) is 7.50. The number of hydrogen-bond acceptors (Lipinski definition) is 2. The number of aliphatic hydroxyl groups excluding tert-OH is 1. The Kier molecular flexibility index (Phi) is 6.26. The molecule has 1 aromatic heterocycles. The average Bonchev–Trinajstić information content (AvgIpc) is 2.67. The van der Waals surface area contributed by atoms with Crippen LogP contribution in [0.15, 0.2) is 77.5 Å². The van der Waals surface area contributed by atoms with E-state index in [0.29, 0.717) is 21.3 Å². The van der Waals surface area contributed by atoms with Gasteiger partial charge in [0, 0.05) is 32.9 Å². The van der Waals surface area contributed by atoms with Gasteiger partial charge in [-0.05, 0) is 36.8 Å². The molecule has 27 heavy (non-hydrogen) atoms. The van der Waals surface area contributed by atoms with Gasteiger partial charge in [-0.3, -0.25) is 0 Å². The van der Waals surface area contributed by atoms with E-state index in [1.165, 1.54) is 0 Å². The van der Waals surface area contributed by atoms with Crippen molar-refractivity contribution in [1.29, 1.82) is 0 Å². The van der Waals surface area contributed by atoms with E-state index in [9.17, 15) is 5.11 Å². The Balaban J connectivity index is 2.11. The van der Waals surface area contributed by atoms with Crippen molar-refractivity contribution in [2.24, 2.45) is 0 Å². The van der Waals surface area contributed by atoms with E-state index >= 15 is 0 Å². The van der Waals surface area contributed by atoms with Crippen LogP contribution in [0.25, 0.3) is 11.5 Å². The van der Waals surface area contributed by atoms with Gasteiger partial charge in [-0.15, -0.1) is 0 Å². The molecule has 0 aliphatic rings. The molecule has 6 heteroatoms. The Morgan fingerprint density at radius 1 is 1.04 bits per heavy atom. The molecule has 2 N–H and O–H groups in total. The van der Waals surface area contributed by atoms with Gasteiger partial charge in [0.1, 0.15) is 0 Å². The van der Waals surface area contributed by atoms with E-state index < -0.39 is 0 Å². The molecular weight excluding hydrogens is 444 g/mol. The van der Waals surface area contributed by atoms with Crippen molar-refractivity contribution in [1.82, 2.24) is 0 Å². The number of hydrogen-bond donors (Lipinski definition) is 2. The van der Waals surface area contributed by atoms with Crippen molar-refractivity contribution in [2.75, 3.05) is 5.32 Å². The van der Waals surface area contributed by atoms with Crippen LogP contribution in [0.1, 0.15) is 11.1 Å². The predicted octanol–water partition coefficient (Wildman–Crippen LogP) is 6.02. The molecule has 2 aromatic carbocycles. The van der Waals surface area contributed by atoms with E-state index in [1.54, 1.807) is 4.57 Å². The Hall–Kier alpha value is -2.21. The van der Waals surface area contributed by atoms with Crippen LogP contribution in [0.3, 0.4) is 0 Å². The maximum atomic E-state index is 11.1.